The van der Waals surface area contributed by atoms with Crippen LogP contribution >= 0.6 is 0 Å². The van der Waals surface area contributed by atoms with Gasteiger partial charge in [0.1, 0.15) is 0 Å². The maximum atomic E-state index is 3.84. The van der Waals surface area contributed by atoms with E-state index in [0.717, 1.165) is 25.7 Å². The van der Waals surface area contributed by atoms with Crippen molar-refractivity contribution in [3.63, 3.8) is 0 Å². The molecule has 27 heavy (non-hydrogen) atoms. The van der Waals surface area contributed by atoms with Crippen molar-refractivity contribution in [2.24, 2.45) is 5.41 Å². The van der Waals surface area contributed by atoms with Gasteiger partial charge in [-0.2, -0.15) is 0 Å². The molecule has 1 N–H and O–H groups in total. The average Bonchev–Trinajstić information content (AvgIpc) is 2.61. The molecule has 0 spiro atoms. The number of anilines is 1. The second kappa shape index (κ2) is 10.2. The van der Waals surface area contributed by atoms with Crippen molar-refractivity contribution in [2.45, 2.75) is 59.8 Å². The van der Waals surface area contributed by atoms with Crippen molar-refractivity contribution in [2.75, 3.05) is 5.32 Å². The highest BCUT2D eigenvalue weighted by molar-refractivity contribution is 5.49. The Morgan fingerprint density at radius 1 is 1.22 bits per heavy atom. The topological polar surface area (TPSA) is 12.0 Å². The van der Waals surface area contributed by atoms with Gasteiger partial charge in [-0.1, -0.05) is 93.5 Å². The van der Waals surface area contributed by atoms with Gasteiger partial charge in [0.25, 0.3) is 0 Å². The van der Waals surface area contributed by atoms with Crippen molar-refractivity contribution >= 4 is 5.69 Å². The van der Waals surface area contributed by atoms with Gasteiger partial charge in [-0.3, -0.25) is 0 Å². The zero-order chi connectivity index (χ0) is 19.7. The molecule has 0 saturated carbocycles. The fourth-order valence-corrected chi connectivity index (χ4v) is 3.64. The van der Waals surface area contributed by atoms with Crippen LogP contribution in [0.1, 0.15) is 59.8 Å². The fourth-order valence-electron chi connectivity index (χ4n) is 3.64. The Morgan fingerprint density at radius 3 is 2.59 bits per heavy atom. The highest BCUT2D eigenvalue weighted by Gasteiger charge is 2.27. The van der Waals surface area contributed by atoms with Crippen LogP contribution in [0.25, 0.3) is 0 Å². The summed E-state index contributed by atoms with van der Waals surface area (Å²) in [6.07, 6.45) is 16.5. The number of rotatable bonds is 8. The van der Waals surface area contributed by atoms with Gasteiger partial charge < -0.3 is 5.32 Å². The second-order valence-electron chi connectivity index (χ2n) is 8.14. The molecule has 1 aromatic rings. The Hall–Kier alpha value is -2.28. The van der Waals surface area contributed by atoms with Crippen molar-refractivity contribution in [3.05, 3.63) is 89.7 Å². The monoisotopic (exact) mass is 361 g/mol. The standard InChI is InChI=1S/C26H35N/c1-6-11-22(12-7-2)19-21(3)15-16-23-17-18-25(20-26(23,4)5)27-24-13-9-8-10-14-24/h6,8-11,13-14,16,18-19,27H,1,7,12,15,17,20H2,2-5H3/b21-19-,22-11-,23-16+. The van der Waals surface area contributed by atoms with Crippen LogP contribution in [0.15, 0.2) is 89.7 Å². The summed E-state index contributed by atoms with van der Waals surface area (Å²) < 4.78 is 0. The number of para-hydroxylation sites is 1. The minimum atomic E-state index is 0.190. The van der Waals surface area contributed by atoms with Gasteiger partial charge >= 0.3 is 0 Å². The summed E-state index contributed by atoms with van der Waals surface area (Å²) in [7, 11) is 0. The van der Waals surface area contributed by atoms with E-state index < -0.39 is 0 Å². The lowest BCUT2D eigenvalue weighted by atomic mass is 9.74. The molecule has 1 aliphatic rings. The largest absolute Gasteiger partial charge is 0.359 e. The number of hydrogen-bond acceptors (Lipinski definition) is 1. The van der Waals surface area contributed by atoms with Crippen molar-refractivity contribution in [1.29, 1.82) is 0 Å². The smallest absolute Gasteiger partial charge is 0.0381 e. The highest BCUT2D eigenvalue weighted by atomic mass is 14.9. The quantitative estimate of drug-likeness (QED) is 0.365. The molecule has 1 nitrogen and oxygen atoms in total. The first kappa shape index (κ1) is 21.0. The molecule has 1 aliphatic carbocycles. The second-order valence-corrected chi connectivity index (χ2v) is 8.14. The first-order valence-electron chi connectivity index (χ1n) is 10.1. The molecule has 2 rings (SSSR count). The number of allylic oxidation sites excluding steroid dienone is 9. The first-order valence-corrected chi connectivity index (χ1v) is 10.1. The van der Waals surface area contributed by atoms with Crippen LogP contribution in [-0.2, 0) is 0 Å². The maximum Gasteiger partial charge on any atom is 0.0381 e. The molecule has 1 aromatic carbocycles. The van der Waals surface area contributed by atoms with Gasteiger partial charge in [-0.15, -0.1) is 0 Å². The third kappa shape index (κ3) is 6.75. The summed E-state index contributed by atoms with van der Waals surface area (Å²) in [5, 5.41) is 3.58. The van der Waals surface area contributed by atoms with E-state index in [1.807, 2.05) is 6.08 Å². The molecule has 0 amide bonds. The van der Waals surface area contributed by atoms with E-state index in [4.69, 9.17) is 0 Å². The first-order chi connectivity index (χ1) is 12.9. The predicted octanol–water partition coefficient (Wildman–Crippen LogP) is 7.98. The van der Waals surface area contributed by atoms with E-state index in [1.54, 1.807) is 5.57 Å². The summed E-state index contributed by atoms with van der Waals surface area (Å²) >= 11 is 0. The van der Waals surface area contributed by atoms with E-state index in [0.29, 0.717) is 0 Å². The zero-order valence-electron chi connectivity index (χ0n) is 17.5. The third-order valence-corrected chi connectivity index (χ3v) is 5.12. The molecule has 0 saturated heterocycles. The predicted molar refractivity (Wildman–Crippen MR) is 121 cm³/mol. The van der Waals surface area contributed by atoms with Gasteiger partial charge in [0.05, 0.1) is 0 Å². The lowest BCUT2D eigenvalue weighted by molar-refractivity contribution is 0.420. The maximum absolute atomic E-state index is 3.84. The van der Waals surface area contributed by atoms with Crippen LogP contribution in [0, 0.1) is 5.41 Å². The van der Waals surface area contributed by atoms with Crippen LogP contribution in [-0.4, -0.2) is 0 Å². The molecule has 0 heterocycles. The third-order valence-electron chi connectivity index (χ3n) is 5.12. The number of hydrogen-bond donors (Lipinski definition) is 1. The van der Waals surface area contributed by atoms with Crippen molar-refractivity contribution in [1.82, 2.24) is 0 Å². The summed E-state index contributed by atoms with van der Waals surface area (Å²) in [5.41, 5.74) is 7.02. The minimum absolute atomic E-state index is 0.190. The Balaban J connectivity index is 2.05. The molecule has 0 aliphatic heterocycles. The van der Waals surface area contributed by atoms with Crippen LogP contribution < -0.4 is 5.32 Å². The van der Waals surface area contributed by atoms with Gasteiger partial charge in [0.15, 0.2) is 0 Å². The van der Waals surface area contributed by atoms with Crippen LogP contribution in [0.3, 0.4) is 0 Å². The number of nitrogens with one attached hydrogen (secondary N) is 1. The lowest BCUT2D eigenvalue weighted by Gasteiger charge is -2.33. The van der Waals surface area contributed by atoms with Gasteiger partial charge in [-0.25, -0.2) is 0 Å². The van der Waals surface area contributed by atoms with Crippen molar-refractivity contribution in [3.8, 4) is 0 Å². The Morgan fingerprint density at radius 2 is 1.96 bits per heavy atom. The Kier molecular flexibility index (Phi) is 7.91. The fraction of sp³-hybridized carbons (Fsp3) is 0.385. The van der Waals surface area contributed by atoms with Gasteiger partial charge in [-0.05, 0) is 55.7 Å². The van der Waals surface area contributed by atoms with Crippen LogP contribution in [0.5, 0.6) is 0 Å². The molecule has 0 fully saturated rings. The normalized spacial score (nSPS) is 19.0. The molecule has 144 valence electrons. The Labute approximate surface area is 166 Å². The summed E-state index contributed by atoms with van der Waals surface area (Å²) in [4.78, 5) is 0. The lowest BCUT2D eigenvalue weighted by Crippen LogP contribution is -2.22. The van der Waals surface area contributed by atoms with E-state index in [1.165, 1.54) is 29.0 Å². The minimum Gasteiger partial charge on any atom is -0.359 e. The van der Waals surface area contributed by atoms with Gasteiger partial charge in [0, 0.05) is 11.4 Å². The van der Waals surface area contributed by atoms with Gasteiger partial charge in [0.2, 0.25) is 0 Å². The van der Waals surface area contributed by atoms with E-state index >= 15 is 0 Å². The summed E-state index contributed by atoms with van der Waals surface area (Å²) in [6.45, 7) is 13.0. The molecular formula is C26H35N. The SMILES string of the molecule is C=C/C=C(\C=C(\C)C/C=C1\CC=C(Nc2ccccc2)CC1(C)C)CCC. The van der Waals surface area contributed by atoms with Crippen LogP contribution in [0.4, 0.5) is 5.69 Å². The summed E-state index contributed by atoms with van der Waals surface area (Å²) in [5.74, 6) is 0. The molecule has 0 unspecified atom stereocenters. The average molecular weight is 362 g/mol. The molecular weight excluding hydrogens is 326 g/mol. The van der Waals surface area contributed by atoms with E-state index in [9.17, 15) is 0 Å². The van der Waals surface area contributed by atoms with Crippen LogP contribution in [0.2, 0.25) is 0 Å². The van der Waals surface area contributed by atoms with E-state index in [2.05, 4.69) is 94.2 Å². The molecule has 0 radical (unpaired) electrons. The molecule has 0 aromatic heterocycles. The summed E-state index contributed by atoms with van der Waals surface area (Å²) in [6, 6.07) is 10.4. The molecule has 0 bridgehead atoms. The van der Waals surface area contributed by atoms with Crippen molar-refractivity contribution < 1.29 is 0 Å². The Bertz CT molecular complexity index is 742. The number of benzene rings is 1. The zero-order valence-corrected chi connectivity index (χ0v) is 17.5. The molecule has 0 atom stereocenters. The highest BCUT2D eigenvalue weighted by Crippen LogP contribution is 2.40. The molecule has 1 heteroatoms. The van der Waals surface area contributed by atoms with E-state index in [-0.39, 0.29) is 5.41 Å².